The zero-order valence-corrected chi connectivity index (χ0v) is 12.3. The molecule has 1 atom stereocenters. The third-order valence-corrected chi connectivity index (χ3v) is 3.50. The number of ether oxygens (including phenoxy) is 3. The van der Waals surface area contributed by atoms with Crippen molar-refractivity contribution in [1.82, 2.24) is 4.90 Å². The van der Waals surface area contributed by atoms with E-state index in [1.807, 2.05) is 0 Å². The van der Waals surface area contributed by atoms with E-state index in [9.17, 15) is 9.18 Å². The zero-order chi connectivity index (χ0) is 15.2. The number of esters is 1. The van der Waals surface area contributed by atoms with Crippen molar-refractivity contribution < 1.29 is 23.4 Å². The summed E-state index contributed by atoms with van der Waals surface area (Å²) in [5.41, 5.74) is 0.577. The number of rotatable bonds is 5. The maximum absolute atomic E-state index is 14.1. The van der Waals surface area contributed by atoms with Crippen molar-refractivity contribution >= 4 is 5.97 Å². The molecule has 1 saturated heterocycles. The van der Waals surface area contributed by atoms with Crippen LogP contribution in [0.5, 0.6) is 5.75 Å². The lowest BCUT2D eigenvalue weighted by Crippen LogP contribution is -2.43. The highest BCUT2D eigenvalue weighted by Crippen LogP contribution is 2.22. The van der Waals surface area contributed by atoms with Gasteiger partial charge in [0.05, 0.1) is 33.4 Å². The van der Waals surface area contributed by atoms with Crippen LogP contribution in [0.15, 0.2) is 18.2 Å². The third-order valence-electron chi connectivity index (χ3n) is 3.50. The van der Waals surface area contributed by atoms with E-state index < -0.39 is 0 Å². The van der Waals surface area contributed by atoms with E-state index in [0.717, 1.165) is 0 Å². The van der Waals surface area contributed by atoms with Crippen LogP contribution < -0.4 is 4.74 Å². The Morgan fingerprint density at radius 3 is 3.00 bits per heavy atom. The maximum Gasteiger partial charge on any atom is 0.308 e. The SMILES string of the molecule is COC(=O)CC1CN(Cc2cccc(OC)c2F)CCO1. The van der Waals surface area contributed by atoms with Gasteiger partial charge in [0, 0.05) is 25.2 Å². The van der Waals surface area contributed by atoms with Gasteiger partial charge in [0.15, 0.2) is 11.6 Å². The average molecular weight is 297 g/mol. The van der Waals surface area contributed by atoms with Gasteiger partial charge in [0.1, 0.15) is 0 Å². The Labute approximate surface area is 123 Å². The molecule has 1 aromatic carbocycles. The van der Waals surface area contributed by atoms with Crippen LogP contribution in [0, 0.1) is 5.82 Å². The number of halogens is 1. The van der Waals surface area contributed by atoms with E-state index in [2.05, 4.69) is 9.64 Å². The van der Waals surface area contributed by atoms with Crippen molar-refractivity contribution in [2.24, 2.45) is 0 Å². The average Bonchev–Trinajstić information content (AvgIpc) is 2.49. The summed E-state index contributed by atoms with van der Waals surface area (Å²) in [6.45, 7) is 2.26. The van der Waals surface area contributed by atoms with Crippen molar-refractivity contribution in [3.8, 4) is 5.75 Å². The number of carbonyl (C=O) groups excluding carboxylic acids is 1. The highest BCUT2D eigenvalue weighted by molar-refractivity contribution is 5.69. The van der Waals surface area contributed by atoms with Gasteiger partial charge in [0.2, 0.25) is 0 Å². The van der Waals surface area contributed by atoms with Crippen molar-refractivity contribution in [1.29, 1.82) is 0 Å². The van der Waals surface area contributed by atoms with E-state index in [-0.39, 0.29) is 30.1 Å². The van der Waals surface area contributed by atoms with Crippen molar-refractivity contribution in [2.75, 3.05) is 33.9 Å². The minimum atomic E-state index is -0.337. The first-order valence-corrected chi connectivity index (χ1v) is 6.86. The van der Waals surface area contributed by atoms with Gasteiger partial charge in [-0.15, -0.1) is 0 Å². The van der Waals surface area contributed by atoms with Crippen molar-refractivity contribution in [3.63, 3.8) is 0 Å². The molecule has 0 N–H and O–H groups in total. The second kappa shape index (κ2) is 7.38. The Kier molecular flexibility index (Phi) is 5.52. The summed E-state index contributed by atoms with van der Waals surface area (Å²) >= 11 is 0. The Bertz CT molecular complexity index is 495. The molecule has 1 aliphatic rings. The third kappa shape index (κ3) is 4.15. The molecule has 6 heteroatoms. The van der Waals surface area contributed by atoms with Gasteiger partial charge in [-0.1, -0.05) is 12.1 Å². The quantitative estimate of drug-likeness (QED) is 0.773. The maximum atomic E-state index is 14.1. The number of methoxy groups -OCH3 is 2. The molecular formula is C15H20FNO4. The van der Waals surface area contributed by atoms with E-state index in [4.69, 9.17) is 9.47 Å². The molecule has 116 valence electrons. The predicted molar refractivity (Wildman–Crippen MR) is 74.6 cm³/mol. The molecule has 1 fully saturated rings. The number of benzene rings is 1. The summed E-state index contributed by atoms with van der Waals surface area (Å²) < 4.78 is 29.3. The molecule has 1 heterocycles. The van der Waals surface area contributed by atoms with Gasteiger partial charge in [0.25, 0.3) is 0 Å². The molecule has 0 aliphatic carbocycles. The number of carbonyl (C=O) groups is 1. The van der Waals surface area contributed by atoms with Crippen LogP contribution in [0.25, 0.3) is 0 Å². The number of nitrogens with zero attached hydrogens (tertiary/aromatic N) is 1. The van der Waals surface area contributed by atoms with Gasteiger partial charge in [-0.3, -0.25) is 9.69 Å². The minimum absolute atomic E-state index is 0.208. The minimum Gasteiger partial charge on any atom is -0.494 e. The van der Waals surface area contributed by atoms with Gasteiger partial charge >= 0.3 is 5.97 Å². The van der Waals surface area contributed by atoms with E-state index >= 15 is 0 Å². The molecule has 0 amide bonds. The summed E-state index contributed by atoms with van der Waals surface area (Å²) in [6, 6.07) is 5.10. The molecule has 2 rings (SSSR count). The molecule has 0 aromatic heterocycles. The Morgan fingerprint density at radius 1 is 1.48 bits per heavy atom. The Balaban J connectivity index is 1.98. The summed E-state index contributed by atoms with van der Waals surface area (Å²) in [7, 11) is 2.80. The van der Waals surface area contributed by atoms with Gasteiger partial charge in [-0.2, -0.15) is 0 Å². The normalized spacial score (nSPS) is 19.3. The fraction of sp³-hybridized carbons (Fsp3) is 0.533. The van der Waals surface area contributed by atoms with Crippen molar-refractivity contribution in [2.45, 2.75) is 19.1 Å². The Morgan fingerprint density at radius 2 is 2.29 bits per heavy atom. The fourth-order valence-electron chi connectivity index (χ4n) is 2.39. The molecular weight excluding hydrogens is 277 g/mol. The number of hydrogen-bond acceptors (Lipinski definition) is 5. The summed E-state index contributed by atoms with van der Waals surface area (Å²) in [4.78, 5) is 13.3. The molecule has 0 radical (unpaired) electrons. The first-order chi connectivity index (χ1) is 10.1. The molecule has 5 nitrogen and oxygen atoms in total. The van der Waals surface area contributed by atoms with Crippen LogP contribution in [0.1, 0.15) is 12.0 Å². The zero-order valence-electron chi connectivity index (χ0n) is 12.3. The van der Waals surface area contributed by atoms with Crippen molar-refractivity contribution in [3.05, 3.63) is 29.6 Å². The Hall–Kier alpha value is -1.66. The molecule has 1 unspecified atom stereocenters. The second-order valence-corrected chi connectivity index (χ2v) is 4.94. The number of hydrogen-bond donors (Lipinski definition) is 0. The monoisotopic (exact) mass is 297 g/mol. The predicted octanol–water partition coefficient (Wildman–Crippen LogP) is 1.60. The van der Waals surface area contributed by atoms with Crippen LogP contribution in [-0.2, 0) is 20.8 Å². The summed E-state index contributed by atoms with van der Waals surface area (Å²) in [5.74, 6) is -0.391. The molecule has 1 aromatic rings. The standard InChI is InChI=1S/C15H20FNO4/c1-19-13-5-3-4-11(15(13)16)9-17-6-7-21-12(10-17)8-14(18)20-2/h3-5,12H,6-10H2,1-2H3. The highest BCUT2D eigenvalue weighted by Gasteiger charge is 2.24. The van der Waals surface area contributed by atoms with Gasteiger partial charge < -0.3 is 14.2 Å². The van der Waals surface area contributed by atoms with Gasteiger partial charge in [-0.25, -0.2) is 4.39 Å². The van der Waals surface area contributed by atoms with Crippen LogP contribution >= 0.6 is 0 Å². The molecule has 0 spiro atoms. The first-order valence-electron chi connectivity index (χ1n) is 6.86. The lowest BCUT2D eigenvalue weighted by Gasteiger charge is -2.32. The first kappa shape index (κ1) is 15.7. The summed E-state index contributed by atoms with van der Waals surface area (Å²) in [5, 5.41) is 0. The number of morpholine rings is 1. The summed E-state index contributed by atoms with van der Waals surface area (Å²) in [6.07, 6.45) is 0.00741. The highest BCUT2D eigenvalue weighted by atomic mass is 19.1. The second-order valence-electron chi connectivity index (χ2n) is 4.94. The molecule has 21 heavy (non-hydrogen) atoms. The smallest absolute Gasteiger partial charge is 0.308 e. The molecule has 1 aliphatic heterocycles. The van der Waals surface area contributed by atoms with Crippen LogP contribution in [0.4, 0.5) is 4.39 Å². The van der Waals surface area contributed by atoms with E-state index in [1.165, 1.54) is 14.2 Å². The van der Waals surface area contributed by atoms with E-state index in [0.29, 0.717) is 31.8 Å². The topological polar surface area (TPSA) is 48.0 Å². The lowest BCUT2D eigenvalue weighted by atomic mass is 10.1. The lowest BCUT2D eigenvalue weighted by molar-refractivity contribution is -0.145. The van der Waals surface area contributed by atoms with Crippen LogP contribution in [-0.4, -0.2) is 50.9 Å². The van der Waals surface area contributed by atoms with Gasteiger partial charge in [-0.05, 0) is 6.07 Å². The fourth-order valence-corrected chi connectivity index (χ4v) is 2.39. The van der Waals surface area contributed by atoms with E-state index in [1.54, 1.807) is 18.2 Å². The van der Waals surface area contributed by atoms with Crippen LogP contribution in [0.2, 0.25) is 0 Å². The van der Waals surface area contributed by atoms with Crippen LogP contribution in [0.3, 0.4) is 0 Å². The molecule has 0 saturated carbocycles. The largest absolute Gasteiger partial charge is 0.494 e. The molecule has 0 bridgehead atoms.